The number of hydrogen-bond acceptors (Lipinski definition) is 4. The third-order valence-electron chi connectivity index (χ3n) is 2.66. The van der Waals surface area contributed by atoms with Crippen molar-refractivity contribution >= 4 is 11.6 Å². The van der Waals surface area contributed by atoms with Crippen molar-refractivity contribution in [3.8, 4) is 11.5 Å². The molecule has 1 aromatic heterocycles. The van der Waals surface area contributed by atoms with Crippen LogP contribution in [0.2, 0.25) is 0 Å². The number of halogens is 1. The molecule has 0 unspecified atom stereocenters. The average Bonchev–Trinajstić information content (AvgIpc) is 2.89. The summed E-state index contributed by atoms with van der Waals surface area (Å²) in [5.41, 5.74) is 0.898. The first-order valence-corrected chi connectivity index (χ1v) is 7.16. The van der Waals surface area contributed by atoms with E-state index in [1.165, 1.54) is 0 Å². The van der Waals surface area contributed by atoms with E-state index in [1.807, 2.05) is 37.4 Å². The van der Waals surface area contributed by atoms with E-state index in [0.717, 1.165) is 23.6 Å². The van der Waals surface area contributed by atoms with E-state index >= 15 is 0 Å². The van der Waals surface area contributed by atoms with E-state index < -0.39 is 0 Å². The number of ether oxygens (including phenoxy) is 2. The van der Waals surface area contributed by atoms with Gasteiger partial charge in [0.2, 0.25) is 0 Å². The van der Waals surface area contributed by atoms with Crippen LogP contribution in [0.1, 0.15) is 12.6 Å². The van der Waals surface area contributed by atoms with E-state index in [9.17, 15) is 0 Å². The molecule has 0 fully saturated rings. The summed E-state index contributed by atoms with van der Waals surface area (Å²) in [6, 6.07) is 7.64. The van der Waals surface area contributed by atoms with Gasteiger partial charge in [0.25, 0.3) is 0 Å². The molecule has 0 aliphatic rings. The van der Waals surface area contributed by atoms with Gasteiger partial charge in [-0.05, 0) is 19.1 Å². The van der Waals surface area contributed by atoms with Crippen molar-refractivity contribution in [3.05, 3.63) is 36.2 Å². The van der Waals surface area contributed by atoms with E-state index in [1.54, 1.807) is 4.68 Å². The van der Waals surface area contributed by atoms with Crippen LogP contribution in [0.25, 0.3) is 0 Å². The number of aromatic nitrogens is 3. The Hall–Kier alpha value is -1.75. The fourth-order valence-corrected chi connectivity index (χ4v) is 1.95. The molecule has 2 rings (SSSR count). The van der Waals surface area contributed by atoms with Gasteiger partial charge in [0.05, 0.1) is 18.8 Å². The third kappa shape index (κ3) is 4.13. The maximum atomic E-state index is 5.72. The Bertz CT molecular complexity index is 531. The Morgan fingerprint density at radius 3 is 2.65 bits per heavy atom. The molecule has 108 valence electrons. The molecule has 5 nitrogen and oxygen atoms in total. The van der Waals surface area contributed by atoms with E-state index in [0.29, 0.717) is 25.6 Å². The summed E-state index contributed by atoms with van der Waals surface area (Å²) in [5, 5.41) is 8.05. The number of para-hydroxylation sites is 2. The smallest absolute Gasteiger partial charge is 0.161 e. The van der Waals surface area contributed by atoms with Crippen molar-refractivity contribution in [1.82, 2.24) is 15.0 Å². The summed E-state index contributed by atoms with van der Waals surface area (Å²) in [6.07, 6.45) is 2.62. The largest absolute Gasteiger partial charge is 0.490 e. The second kappa shape index (κ2) is 7.75. The van der Waals surface area contributed by atoms with Gasteiger partial charge in [-0.3, -0.25) is 0 Å². The van der Waals surface area contributed by atoms with Crippen LogP contribution in [-0.4, -0.2) is 34.1 Å². The second-order valence-corrected chi connectivity index (χ2v) is 4.52. The predicted molar refractivity (Wildman–Crippen MR) is 77.6 cm³/mol. The molecule has 1 heterocycles. The van der Waals surface area contributed by atoms with Crippen LogP contribution in [0.4, 0.5) is 0 Å². The predicted octanol–water partition coefficient (Wildman–Crippen LogP) is 2.54. The number of alkyl halides is 1. The highest BCUT2D eigenvalue weighted by Gasteiger charge is 2.04. The third-order valence-corrected chi connectivity index (χ3v) is 2.85. The zero-order valence-electron chi connectivity index (χ0n) is 11.5. The van der Waals surface area contributed by atoms with E-state index in [2.05, 4.69) is 10.3 Å². The molecular formula is C14H18ClN3O2. The SMILES string of the molecule is CCOc1ccccc1OCCn1cc(CCCl)nn1. The maximum Gasteiger partial charge on any atom is 0.161 e. The molecule has 6 heteroatoms. The van der Waals surface area contributed by atoms with Crippen molar-refractivity contribution in [1.29, 1.82) is 0 Å². The molecule has 0 spiro atoms. The molecule has 0 amide bonds. The number of aryl methyl sites for hydroxylation is 1. The molecular weight excluding hydrogens is 278 g/mol. The quantitative estimate of drug-likeness (QED) is 0.702. The van der Waals surface area contributed by atoms with Crippen LogP contribution in [0.5, 0.6) is 11.5 Å². The summed E-state index contributed by atoms with van der Waals surface area (Å²) < 4.78 is 13.0. The molecule has 0 saturated carbocycles. The van der Waals surface area contributed by atoms with E-state index in [-0.39, 0.29) is 0 Å². The van der Waals surface area contributed by atoms with Crippen LogP contribution >= 0.6 is 11.6 Å². The highest BCUT2D eigenvalue weighted by Crippen LogP contribution is 2.26. The average molecular weight is 296 g/mol. The Morgan fingerprint density at radius 2 is 1.95 bits per heavy atom. The number of nitrogens with zero attached hydrogens (tertiary/aromatic N) is 3. The first kappa shape index (κ1) is 14.7. The molecule has 0 aliphatic carbocycles. The summed E-state index contributed by atoms with van der Waals surface area (Å²) in [5.74, 6) is 2.06. The monoisotopic (exact) mass is 295 g/mol. The van der Waals surface area contributed by atoms with Gasteiger partial charge in [0.1, 0.15) is 6.61 Å². The highest BCUT2D eigenvalue weighted by atomic mass is 35.5. The Morgan fingerprint density at radius 1 is 1.20 bits per heavy atom. The first-order valence-electron chi connectivity index (χ1n) is 6.63. The molecule has 0 atom stereocenters. The summed E-state index contributed by atoms with van der Waals surface area (Å²) in [7, 11) is 0. The van der Waals surface area contributed by atoms with Gasteiger partial charge in [-0.2, -0.15) is 0 Å². The van der Waals surface area contributed by atoms with Gasteiger partial charge in [0.15, 0.2) is 11.5 Å². The summed E-state index contributed by atoms with van der Waals surface area (Å²) in [4.78, 5) is 0. The van der Waals surface area contributed by atoms with Crippen LogP contribution in [-0.2, 0) is 13.0 Å². The molecule has 0 N–H and O–H groups in total. The molecule has 0 radical (unpaired) electrons. The fourth-order valence-electron chi connectivity index (χ4n) is 1.75. The van der Waals surface area contributed by atoms with Crippen LogP contribution in [0, 0.1) is 0 Å². The normalized spacial score (nSPS) is 10.5. The Balaban J connectivity index is 1.85. The standard InChI is InChI=1S/C14H18ClN3O2/c1-2-19-13-5-3-4-6-14(13)20-10-9-18-11-12(7-8-15)16-17-18/h3-6,11H,2,7-10H2,1H3. The maximum absolute atomic E-state index is 5.72. The highest BCUT2D eigenvalue weighted by molar-refractivity contribution is 6.17. The lowest BCUT2D eigenvalue weighted by Crippen LogP contribution is -2.09. The number of benzene rings is 1. The lowest BCUT2D eigenvalue weighted by molar-refractivity contribution is 0.261. The topological polar surface area (TPSA) is 49.2 Å². The van der Waals surface area contributed by atoms with Gasteiger partial charge < -0.3 is 9.47 Å². The second-order valence-electron chi connectivity index (χ2n) is 4.14. The van der Waals surface area contributed by atoms with E-state index in [4.69, 9.17) is 21.1 Å². The zero-order valence-corrected chi connectivity index (χ0v) is 12.2. The molecule has 0 aliphatic heterocycles. The molecule has 0 bridgehead atoms. The van der Waals surface area contributed by atoms with Gasteiger partial charge in [-0.15, -0.1) is 16.7 Å². The van der Waals surface area contributed by atoms with Crippen molar-refractivity contribution in [3.63, 3.8) is 0 Å². The Kier molecular flexibility index (Phi) is 5.68. The molecule has 2 aromatic rings. The van der Waals surface area contributed by atoms with Gasteiger partial charge in [-0.1, -0.05) is 17.3 Å². The minimum atomic E-state index is 0.508. The van der Waals surface area contributed by atoms with Crippen LogP contribution < -0.4 is 9.47 Å². The minimum absolute atomic E-state index is 0.508. The van der Waals surface area contributed by atoms with Gasteiger partial charge in [-0.25, -0.2) is 4.68 Å². The number of rotatable bonds is 8. The first-order chi connectivity index (χ1) is 9.83. The molecule has 1 aromatic carbocycles. The molecule has 20 heavy (non-hydrogen) atoms. The lowest BCUT2D eigenvalue weighted by Gasteiger charge is -2.11. The summed E-state index contributed by atoms with van der Waals surface area (Å²) in [6.45, 7) is 3.71. The van der Waals surface area contributed by atoms with Crippen molar-refractivity contribution in [2.24, 2.45) is 0 Å². The Labute approximate surface area is 123 Å². The fraction of sp³-hybridized carbons (Fsp3) is 0.429. The van der Waals surface area contributed by atoms with Gasteiger partial charge in [0, 0.05) is 18.5 Å². The van der Waals surface area contributed by atoms with Crippen molar-refractivity contribution in [2.75, 3.05) is 19.1 Å². The van der Waals surface area contributed by atoms with Crippen LogP contribution in [0.3, 0.4) is 0 Å². The van der Waals surface area contributed by atoms with Gasteiger partial charge >= 0.3 is 0 Å². The van der Waals surface area contributed by atoms with Crippen molar-refractivity contribution < 1.29 is 9.47 Å². The molecule has 0 saturated heterocycles. The minimum Gasteiger partial charge on any atom is -0.490 e. The lowest BCUT2D eigenvalue weighted by atomic mass is 10.3. The zero-order chi connectivity index (χ0) is 14.2. The summed E-state index contributed by atoms with van der Waals surface area (Å²) >= 11 is 5.66. The van der Waals surface area contributed by atoms with Crippen molar-refractivity contribution in [2.45, 2.75) is 19.9 Å². The van der Waals surface area contributed by atoms with Crippen LogP contribution in [0.15, 0.2) is 30.5 Å². The number of hydrogen-bond donors (Lipinski definition) is 0.